The van der Waals surface area contributed by atoms with Gasteiger partial charge in [-0.25, -0.2) is 4.39 Å². The minimum Gasteiger partial charge on any atom is -0.508 e. The molecule has 0 aromatic heterocycles. The molecule has 1 fully saturated rings. The first kappa shape index (κ1) is 15.3. The van der Waals surface area contributed by atoms with E-state index in [1.54, 1.807) is 0 Å². The van der Waals surface area contributed by atoms with Crippen LogP contribution in [0.3, 0.4) is 0 Å². The van der Waals surface area contributed by atoms with Gasteiger partial charge in [-0.05, 0) is 48.3 Å². The third kappa shape index (κ3) is 3.95. The molecule has 0 aliphatic heterocycles. The molecule has 0 amide bonds. The van der Waals surface area contributed by atoms with Crippen molar-refractivity contribution in [3.8, 4) is 5.75 Å². The maximum absolute atomic E-state index is 13.2. The van der Waals surface area contributed by atoms with Crippen LogP contribution in [0.5, 0.6) is 5.75 Å². The second-order valence-electron chi connectivity index (χ2n) is 7.76. The standard InChI is InChI=1S/C17H26FNO/c1-16(2)8-14(9-17(3,4)11-16)19-10-12-7-13(18)5-6-15(12)20/h5-7,14,19-20H,8-11H2,1-4H3. The first-order chi connectivity index (χ1) is 9.17. The lowest BCUT2D eigenvalue weighted by atomic mass is 9.63. The molecule has 0 unspecified atom stereocenters. The summed E-state index contributed by atoms with van der Waals surface area (Å²) in [5.74, 6) is -0.142. The van der Waals surface area contributed by atoms with Gasteiger partial charge in [0.1, 0.15) is 11.6 Å². The van der Waals surface area contributed by atoms with Crippen LogP contribution in [0.1, 0.15) is 52.5 Å². The zero-order valence-corrected chi connectivity index (χ0v) is 13.0. The fourth-order valence-corrected chi connectivity index (χ4v) is 3.94. The highest BCUT2D eigenvalue weighted by Crippen LogP contribution is 2.45. The van der Waals surface area contributed by atoms with Crippen LogP contribution in [0.25, 0.3) is 0 Å². The van der Waals surface area contributed by atoms with Crippen molar-refractivity contribution in [2.75, 3.05) is 0 Å². The molecular weight excluding hydrogens is 253 g/mol. The normalized spacial score (nSPS) is 21.9. The molecule has 3 heteroatoms. The van der Waals surface area contributed by atoms with Crippen LogP contribution < -0.4 is 5.32 Å². The summed E-state index contributed by atoms with van der Waals surface area (Å²) < 4.78 is 13.2. The molecule has 2 nitrogen and oxygen atoms in total. The summed E-state index contributed by atoms with van der Waals surface area (Å²) in [6, 6.07) is 4.52. The number of benzene rings is 1. The van der Waals surface area contributed by atoms with Gasteiger partial charge in [-0.2, -0.15) is 0 Å². The highest BCUT2D eigenvalue weighted by atomic mass is 19.1. The van der Waals surface area contributed by atoms with E-state index in [0.717, 1.165) is 12.8 Å². The first-order valence-electron chi connectivity index (χ1n) is 7.38. The third-order valence-corrected chi connectivity index (χ3v) is 4.18. The van der Waals surface area contributed by atoms with Gasteiger partial charge in [0, 0.05) is 18.2 Å². The van der Waals surface area contributed by atoms with Crippen LogP contribution in [-0.2, 0) is 6.54 Å². The van der Waals surface area contributed by atoms with E-state index in [1.807, 2.05) is 0 Å². The van der Waals surface area contributed by atoms with Crippen molar-refractivity contribution >= 4 is 0 Å². The van der Waals surface area contributed by atoms with Crippen LogP contribution in [0.4, 0.5) is 4.39 Å². The fraction of sp³-hybridized carbons (Fsp3) is 0.647. The highest BCUT2D eigenvalue weighted by molar-refractivity contribution is 5.32. The van der Waals surface area contributed by atoms with Crippen molar-refractivity contribution in [3.05, 3.63) is 29.6 Å². The van der Waals surface area contributed by atoms with Crippen LogP contribution in [0.15, 0.2) is 18.2 Å². The Morgan fingerprint density at radius 2 is 1.80 bits per heavy atom. The maximum Gasteiger partial charge on any atom is 0.123 e. The van der Waals surface area contributed by atoms with Gasteiger partial charge in [0.2, 0.25) is 0 Å². The van der Waals surface area contributed by atoms with Gasteiger partial charge in [-0.1, -0.05) is 27.7 Å². The van der Waals surface area contributed by atoms with E-state index in [9.17, 15) is 9.50 Å². The van der Waals surface area contributed by atoms with Crippen molar-refractivity contribution in [1.29, 1.82) is 0 Å². The highest BCUT2D eigenvalue weighted by Gasteiger charge is 2.38. The Morgan fingerprint density at radius 1 is 1.20 bits per heavy atom. The molecule has 1 aromatic carbocycles. The lowest BCUT2D eigenvalue weighted by molar-refractivity contribution is 0.0844. The summed E-state index contributed by atoms with van der Waals surface area (Å²) in [4.78, 5) is 0. The second kappa shape index (κ2) is 5.36. The number of rotatable bonds is 3. The van der Waals surface area contributed by atoms with E-state index in [1.165, 1.54) is 24.6 Å². The number of phenolic OH excluding ortho intramolecular Hbond substituents is 1. The number of hydrogen-bond donors (Lipinski definition) is 2. The summed E-state index contributed by atoms with van der Waals surface area (Å²) in [6.07, 6.45) is 3.46. The topological polar surface area (TPSA) is 32.3 Å². The molecule has 0 heterocycles. The summed E-state index contributed by atoms with van der Waals surface area (Å²) in [7, 11) is 0. The predicted octanol–water partition coefficient (Wildman–Crippen LogP) is 4.23. The lowest BCUT2D eigenvalue weighted by Crippen LogP contribution is -2.43. The Bertz CT molecular complexity index is 466. The van der Waals surface area contributed by atoms with E-state index in [-0.39, 0.29) is 11.6 Å². The lowest BCUT2D eigenvalue weighted by Gasteiger charge is -2.45. The van der Waals surface area contributed by atoms with Gasteiger partial charge < -0.3 is 10.4 Å². The number of hydrogen-bond acceptors (Lipinski definition) is 2. The molecule has 1 aromatic rings. The number of halogens is 1. The van der Waals surface area contributed by atoms with Crippen LogP contribution in [0, 0.1) is 16.6 Å². The van der Waals surface area contributed by atoms with Crippen LogP contribution in [0.2, 0.25) is 0 Å². The molecule has 2 rings (SSSR count). The van der Waals surface area contributed by atoms with Crippen molar-refractivity contribution in [2.45, 2.75) is 59.5 Å². The van der Waals surface area contributed by atoms with E-state index in [2.05, 4.69) is 33.0 Å². The third-order valence-electron chi connectivity index (χ3n) is 4.18. The Hall–Kier alpha value is -1.09. The molecule has 0 radical (unpaired) electrons. The van der Waals surface area contributed by atoms with Crippen LogP contribution in [-0.4, -0.2) is 11.1 Å². The Balaban J connectivity index is 2.01. The monoisotopic (exact) mass is 279 g/mol. The van der Waals surface area contributed by atoms with E-state index in [4.69, 9.17) is 0 Å². The van der Waals surface area contributed by atoms with Gasteiger partial charge in [0.25, 0.3) is 0 Å². The first-order valence-corrected chi connectivity index (χ1v) is 7.38. The van der Waals surface area contributed by atoms with Crippen molar-refractivity contribution in [3.63, 3.8) is 0 Å². The quantitative estimate of drug-likeness (QED) is 0.868. The van der Waals surface area contributed by atoms with Gasteiger partial charge >= 0.3 is 0 Å². The summed E-state index contributed by atoms with van der Waals surface area (Å²) in [6.45, 7) is 9.75. The molecule has 0 spiro atoms. The van der Waals surface area contributed by atoms with E-state index >= 15 is 0 Å². The molecule has 112 valence electrons. The molecule has 0 atom stereocenters. The molecule has 1 aliphatic rings. The summed E-state index contributed by atoms with van der Waals surface area (Å²) >= 11 is 0. The smallest absolute Gasteiger partial charge is 0.123 e. The average molecular weight is 279 g/mol. The molecule has 0 bridgehead atoms. The molecule has 1 aliphatic carbocycles. The largest absolute Gasteiger partial charge is 0.508 e. The summed E-state index contributed by atoms with van der Waals surface area (Å²) in [5.41, 5.74) is 1.28. The SMILES string of the molecule is CC1(C)CC(NCc2cc(F)ccc2O)CC(C)(C)C1. The fourth-order valence-electron chi connectivity index (χ4n) is 3.94. The van der Waals surface area contributed by atoms with Crippen molar-refractivity contribution in [2.24, 2.45) is 10.8 Å². The van der Waals surface area contributed by atoms with Gasteiger partial charge in [0.05, 0.1) is 0 Å². The summed E-state index contributed by atoms with van der Waals surface area (Å²) in [5, 5.41) is 13.3. The zero-order chi connectivity index (χ0) is 15.0. The van der Waals surface area contributed by atoms with Crippen molar-refractivity contribution < 1.29 is 9.50 Å². The Morgan fingerprint density at radius 3 is 2.40 bits per heavy atom. The second-order valence-corrected chi connectivity index (χ2v) is 7.76. The average Bonchev–Trinajstić information content (AvgIpc) is 2.26. The van der Waals surface area contributed by atoms with Crippen LogP contribution >= 0.6 is 0 Å². The predicted molar refractivity (Wildman–Crippen MR) is 80.1 cm³/mol. The van der Waals surface area contributed by atoms with Crippen molar-refractivity contribution in [1.82, 2.24) is 5.32 Å². The van der Waals surface area contributed by atoms with E-state index < -0.39 is 0 Å². The number of nitrogens with one attached hydrogen (secondary N) is 1. The molecule has 0 saturated heterocycles. The van der Waals surface area contributed by atoms with E-state index in [0.29, 0.717) is 29.0 Å². The minimum atomic E-state index is -0.302. The molecule has 1 saturated carbocycles. The van der Waals surface area contributed by atoms with Gasteiger partial charge in [-0.15, -0.1) is 0 Å². The van der Waals surface area contributed by atoms with Gasteiger partial charge in [-0.3, -0.25) is 0 Å². The maximum atomic E-state index is 13.2. The molecule has 2 N–H and O–H groups in total. The molecule has 20 heavy (non-hydrogen) atoms. The minimum absolute atomic E-state index is 0.160. The Kier molecular flexibility index (Phi) is 4.10. The zero-order valence-electron chi connectivity index (χ0n) is 13.0. The van der Waals surface area contributed by atoms with Gasteiger partial charge in [0.15, 0.2) is 0 Å². The number of phenols is 1. The molecular formula is C17H26FNO. The Labute approximate surface area is 121 Å². The number of aromatic hydroxyl groups is 1.